The number of fused-ring (bicyclic) bond motifs is 2. The van der Waals surface area contributed by atoms with Gasteiger partial charge >= 0.3 is 6.18 Å². The standard InChI is InChI=1S/C24H29F3N6S/c1-14-18-8-15(2-3-20(18)32-21(14)11-28)12-33-6-4-16(5-7-33)31-22-19-9-17(10-24(25,26)27)34-23(19)30-13-29-22/h9,13,15-16,18,20,32H,2-8,10,12H2,1H3,(H,29,30,31). The van der Waals surface area contributed by atoms with E-state index in [1.165, 1.54) is 18.3 Å². The Bertz CT molecular complexity index is 1110. The van der Waals surface area contributed by atoms with Crippen molar-refractivity contribution in [1.29, 1.82) is 5.26 Å². The van der Waals surface area contributed by atoms with Crippen LogP contribution in [0.3, 0.4) is 0 Å². The number of piperidine rings is 1. The molecule has 3 unspecified atom stereocenters. The summed E-state index contributed by atoms with van der Waals surface area (Å²) in [6, 6.07) is 4.56. The van der Waals surface area contributed by atoms with Crippen LogP contribution in [0, 0.1) is 23.2 Å². The Kier molecular flexibility index (Phi) is 6.42. The van der Waals surface area contributed by atoms with Crippen LogP contribution >= 0.6 is 11.3 Å². The van der Waals surface area contributed by atoms with E-state index < -0.39 is 12.6 Å². The minimum Gasteiger partial charge on any atom is -0.373 e. The van der Waals surface area contributed by atoms with Gasteiger partial charge in [0, 0.05) is 42.5 Å². The van der Waals surface area contributed by atoms with E-state index in [1.54, 1.807) is 6.07 Å². The third-order valence-corrected chi connectivity index (χ3v) is 8.59. The summed E-state index contributed by atoms with van der Waals surface area (Å²) in [6.45, 7) is 5.18. The molecule has 2 aromatic heterocycles. The summed E-state index contributed by atoms with van der Waals surface area (Å²) in [4.78, 5) is 11.9. The Morgan fingerprint density at radius 3 is 2.76 bits per heavy atom. The van der Waals surface area contributed by atoms with Gasteiger partial charge in [0.2, 0.25) is 0 Å². The van der Waals surface area contributed by atoms with Crippen LogP contribution in [0.2, 0.25) is 0 Å². The molecule has 0 amide bonds. The number of anilines is 1. The average Bonchev–Trinajstić information content (AvgIpc) is 3.34. The maximum absolute atomic E-state index is 12.8. The molecule has 3 aliphatic rings. The highest BCUT2D eigenvalue weighted by Gasteiger charge is 2.38. The maximum Gasteiger partial charge on any atom is 0.393 e. The molecule has 34 heavy (non-hydrogen) atoms. The van der Waals surface area contributed by atoms with Gasteiger partial charge in [-0.1, -0.05) is 0 Å². The predicted octanol–water partition coefficient (Wildman–Crippen LogP) is 4.86. The zero-order valence-electron chi connectivity index (χ0n) is 19.2. The lowest BCUT2D eigenvalue weighted by Crippen LogP contribution is -2.43. The van der Waals surface area contributed by atoms with Gasteiger partial charge in [-0.3, -0.25) is 0 Å². The Balaban J connectivity index is 1.15. The summed E-state index contributed by atoms with van der Waals surface area (Å²) >= 11 is 1.08. The van der Waals surface area contributed by atoms with Gasteiger partial charge in [0.1, 0.15) is 28.7 Å². The zero-order valence-corrected chi connectivity index (χ0v) is 20.0. The Morgan fingerprint density at radius 1 is 1.24 bits per heavy atom. The van der Waals surface area contributed by atoms with E-state index in [0.29, 0.717) is 33.9 Å². The molecular formula is C24H29F3N6S. The van der Waals surface area contributed by atoms with Crippen LogP contribution in [-0.2, 0) is 6.42 Å². The van der Waals surface area contributed by atoms with Crippen molar-refractivity contribution in [3.8, 4) is 6.07 Å². The number of alkyl halides is 3. The number of thiophene rings is 1. The lowest BCUT2D eigenvalue weighted by Gasteiger charge is -2.38. The molecule has 2 aliphatic heterocycles. The summed E-state index contributed by atoms with van der Waals surface area (Å²) in [5, 5.41) is 16.9. The molecule has 2 N–H and O–H groups in total. The molecule has 4 heterocycles. The average molecular weight is 491 g/mol. The first-order valence-electron chi connectivity index (χ1n) is 12.0. The highest BCUT2D eigenvalue weighted by Crippen LogP contribution is 2.39. The largest absolute Gasteiger partial charge is 0.393 e. The second kappa shape index (κ2) is 9.34. The van der Waals surface area contributed by atoms with Crippen molar-refractivity contribution >= 4 is 27.4 Å². The summed E-state index contributed by atoms with van der Waals surface area (Å²) < 4.78 is 38.4. The molecule has 2 aromatic rings. The number of nitriles is 1. The smallest absolute Gasteiger partial charge is 0.373 e. The minimum atomic E-state index is -4.23. The molecule has 0 aromatic carbocycles. The number of nitrogens with zero attached hydrogens (tertiary/aromatic N) is 4. The Labute approximate surface area is 201 Å². The monoisotopic (exact) mass is 490 g/mol. The molecule has 1 saturated carbocycles. The van der Waals surface area contributed by atoms with Gasteiger partial charge in [-0.25, -0.2) is 9.97 Å². The lowest BCUT2D eigenvalue weighted by atomic mass is 9.76. The van der Waals surface area contributed by atoms with E-state index in [0.717, 1.165) is 62.4 Å². The van der Waals surface area contributed by atoms with Gasteiger partial charge in [0.15, 0.2) is 0 Å². The zero-order chi connectivity index (χ0) is 23.9. The lowest BCUT2D eigenvalue weighted by molar-refractivity contribution is -0.126. The number of hydrogen-bond donors (Lipinski definition) is 2. The molecule has 1 saturated heterocycles. The van der Waals surface area contributed by atoms with Gasteiger partial charge in [0.05, 0.1) is 11.8 Å². The fraction of sp³-hybridized carbons (Fsp3) is 0.625. The summed E-state index contributed by atoms with van der Waals surface area (Å²) in [6.07, 6.45) is 1.67. The number of aromatic nitrogens is 2. The van der Waals surface area contributed by atoms with Crippen molar-refractivity contribution in [2.24, 2.45) is 11.8 Å². The number of rotatable bonds is 5. The van der Waals surface area contributed by atoms with Crippen LogP contribution in [0.4, 0.5) is 19.0 Å². The van der Waals surface area contributed by atoms with Crippen molar-refractivity contribution in [2.75, 3.05) is 25.0 Å². The van der Waals surface area contributed by atoms with Crippen molar-refractivity contribution in [3.63, 3.8) is 0 Å². The molecule has 3 atom stereocenters. The first kappa shape index (κ1) is 23.4. The van der Waals surface area contributed by atoms with Crippen molar-refractivity contribution in [3.05, 3.63) is 28.5 Å². The van der Waals surface area contributed by atoms with Gasteiger partial charge in [-0.2, -0.15) is 18.4 Å². The van der Waals surface area contributed by atoms with E-state index in [2.05, 4.69) is 38.5 Å². The normalized spacial score (nSPS) is 26.4. The minimum absolute atomic E-state index is 0.249. The van der Waals surface area contributed by atoms with Crippen molar-refractivity contribution in [1.82, 2.24) is 20.2 Å². The van der Waals surface area contributed by atoms with Crippen LogP contribution in [0.5, 0.6) is 0 Å². The van der Waals surface area contributed by atoms with Gasteiger partial charge in [-0.15, -0.1) is 11.3 Å². The maximum atomic E-state index is 12.8. The number of hydrogen-bond acceptors (Lipinski definition) is 7. The quantitative estimate of drug-likeness (QED) is 0.624. The van der Waals surface area contributed by atoms with Gasteiger partial charge < -0.3 is 15.5 Å². The number of allylic oxidation sites excluding steroid dienone is 1. The third kappa shape index (κ3) is 5.01. The second-order valence-electron chi connectivity index (χ2n) is 9.87. The molecule has 0 bridgehead atoms. The third-order valence-electron chi connectivity index (χ3n) is 7.55. The van der Waals surface area contributed by atoms with Crippen LogP contribution in [-0.4, -0.2) is 52.8 Å². The first-order valence-corrected chi connectivity index (χ1v) is 12.8. The van der Waals surface area contributed by atoms with E-state index >= 15 is 0 Å². The van der Waals surface area contributed by atoms with Crippen molar-refractivity contribution < 1.29 is 13.2 Å². The van der Waals surface area contributed by atoms with Gasteiger partial charge in [-0.05, 0) is 56.6 Å². The Hall–Kier alpha value is -2.38. The topological polar surface area (TPSA) is 76.9 Å². The van der Waals surface area contributed by atoms with E-state index in [4.69, 9.17) is 0 Å². The van der Waals surface area contributed by atoms with E-state index in [1.807, 2.05) is 0 Å². The molecule has 2 fully saturated rings. The second-order valence-corrected chi connectivity index (χ2v) is 11.0. The number of likely N-dealkylation sites (tertiary alicyclic amines) is 1. The summed E-state index contributed by atoms with van der Waals surface area (Å²) in [7, 11) is 0. The predicted molar refractivity (Wildman–Crippen MR) is 126 cm³/mol. The summed E-state index contributed by atoms with van der Waals surface area (Å²) in [5.41, 5.74) is 2.00. The molecule has 0 radical (unpaired) electrons. The van der Waals surface area contributed by atoms with Crippen LogP contribution in [0.15, 0.2) is 23.7 Å². The SMILES string of the molecule is CC1=C(C#N)NC2CCC(CN3CCC(Nc4ncnc5sc(CC(F)(F)F)cc45)CC3)CC12. The van der Waals surface area contributed by atoms with Crippen LogP contribution in [0.25, 0.3) is 10.2 Å². The van der Waals surface area contributed by atoms with Crippen molar-refractivity contribution in [2.45, 2.75) is 63.7 Å². The summed E-state index contributed by atoms with van der Waals surface area (Å²) in [5.74, 6) is 1.77. The fourth-order valence-corrected chi connectivity index (χ4v) is 6.83. The highest BCUT2D eigenvalue weighted by molar-refractivity contribution is 7.18. The van der Waals surface area contributed by atoms with Gasteiger partial charge in [0.25, 0.3) is 0 Å². The van der Waals surface area contributed by atoms with Crippen LogP contribution in [0.1, 0.15) is 43.9 Å². The molecule has 10 heteroatoms. The fourth-order valence-electron chi connectivity index (χ4n) is 5.80. The number of halogens is 3. The molecule has 182 valence electrons. The molecule has 5 rings (SSSR count). The first-order chi connectivity index (χ1) is 16.3. The molecule has 0 spiro atoms. The van der Waals surface area contributed by atoms with E-state index in [9.17, 15) is 18.4 Å². The molecule has 6 nitrogen and oxygen atoms in total. The highest BCUT2D eigenvalue weighted by atomic mass is 32.1. The molecular weight excluding hydrogens is 461 g/mol. The number of nitrogens with one attached hydrogen (secondary N) is 2. The van der Waals surface area contributed by atoms with Crippen LogP contribution < -0.4 is 10.6 Å². The Morgan fingerprint density at radius 2 is 2.03 bits per heavy atom. The molecule has 1 aliphatic carbocycles. The van der Waals surface area contributed by atoms with E-state index in [-0.39, 0.29) is 10.9 Å².